The zero-order valence-electron chi connectivity index (χ0n) is 10.9. The van der Waals surface area contributed by atoms with E-state index in [4.69, 9.17) is 9.84 Å². The van der Waals surface area contributed by atoms with Gasteiger partial charge in [0.05, 0.1) is 18.7 Å². The highest BCUT2D eigenvalue weighted by atomic mass is 32.2. The normalized spacial score (nSPS) is 18.1. The molecule has 1 aromatic carbocycles. The molecule has 1 atom stereocenters. The third-order valence-electron chi connectivity index (χ3n) is 2.91. The van der Waals surface area contributed by atoms with Gasteiger partial charge in [0.25, 0.3) is 0 Å². The number of rotatable bonds is 5. The van der Waals surface area contributed by atoms with Gasteiger partial charge < -0.3 is 14.7 Å². The maximum atomic E-state index is 12.1. The van der Waals surface area contributed by atoms with E-state index >= 15 is 0 Å². The topological polar surface area (TPSA) is 66.8 Å². The summed E-state index contributed by atoms with van der Waals surface area (Å²) in [6.45, 7) is 0. The van der Waals surface area contributed by atoms with Crippen LogP contribution in [-0.4, -0.2) is 52.4 Å². The molecule has 1 aliphatic rings. The Bertz CT molecular complexity index is 492. The van der Waals surface area contributed by atoms with Gasteiger partial charge in [0, 0.05) is 10.6 Å². The fraction of sp³-hybridized carbons (Fsp3) is 0.385. The molecule has 1 unspecified atom stereocenters. The minimum atomic E-state index is -0.933. The molecule has 2 rings (SSSR count). The van der Waals surface area contributed by atoms with Crippen molar-refractivity contribution in [3.05, 3.63) is 24.3 Å². The van der Waals surface area contributed by atoms with Crippen molar-refractivity contribution in [3.8, 4) is 5.75 Å². The number of carboxylic acid groups (broad SMARTS) is 1. The smallest absolute Gasteiger partial charge is 0.327 e. The average Bonchev–Trinajstić information content (AvgIpc) is 2.95. The lowest BCUT2D eigenvalue weighted by Gasteiger charge is -2.20. The summed E-state index contributed by atoms with van der Waals surface area (Å²) in [4.78, 5) is 25.5. The molecule has 20 heavy (non-hydrogen) atoms. The van der Waals surface area contributed by atoms with Gasteiger partial charge in [-0.25, -0.2) is 4.79 Å². The highest BCUT2D eigenvalue weighted by molar-refractivity contribution is 8.00. The van der Waals surface area contributed by atoms with Crippen molar-refractivity contribution in [2.24, 2.45) is 0 Å². The minimum absolute atomic E-state index is 0.136. The van der Waals surface area contributed by atoms with Crippen LogP contribution < -0.4 is 4.74 Å². The summed E-state index contributed by atoms with van der Waals surface area (Å²) in [7, 11) is 1.60. The molecule has 1 heterocycles. The van der Waals surface area contributed by atoms with E-state index < -0.39 is 12.0 Å². The van der Waals surface area contributed by atoms with Crippen LogP contribution in [0.5, 0.6) is 5.75 Å². The molecule has 0 spiro atoms. The van der Waals surface area contributed by atoms with Crippen LogP contribution in [0, 0.1) is 0 Å². The van der Waals surface area contributed by atoms with Gasteiger partial charge in [-0.05, 0) is 24.3 Å². The fourth-order valence-corrected chi connectivity index (χ4v) is 3.75. The zero-order chi connectivity index (χ0) is 14.5. The highest BCUT2D eigenvalue weighted by Gasteiger charge is 2.34. The SMILES string of the molecule is COc1ccc(SCC(=O)N2CSCC2C(=O)O)cc1. The Morgan fingerprint density at radius 3 is 2.75 bits per heavy atom. The second-order valence-corrected chi connectivity index (χ2v) is 6.23. The second-order valence-electron chi connectivity index (χ2n) is 4.18. The lowest BCUT2D eigenvalue weighted by atomic mass is 10.3. The van der Waals surface area contributed by atoms with Crippen molar-refractivity contribution in [1.29, 1.82) is 0 Å². The third kappa shape index (κ3) is 3.61. The van der Waals surface area contributed by atoms with Crippen molar-refractivity contribution in [2.45, 2.75) is 10.9 Å². The monoisotopic (exact) mass is 313 g/mol. The Morgan fingerprint density at radius 1 is 1.45 bits per heavy atom. The standard InChI is InChI=1S/C13H15NO4S2/c1-18-9-2-4-10(5-3-9)20-7-12(15)14-8-19-6-11(14)13(16)17/h2-5,11H,6-8H2,1H3,(H,16,17). The number of carbonyl (C=O) groups is 2. The number of amides is 1. The molecule has 0 aliphatic carbocycles. The number of hydrogen-bond acceptors (Lipinski definition) is 5. The van der Waals surface area contributed by atoms with Crippen LogP contribution in [0.4, 0.5) is 0 Å². The van der Waals surface area contributed by atoms with Gasteiger partial charge in [0.2, 0.25) is 5.91 Å². The van der Waals surface area contributed by atoms with E-state index in [0.29, 0.717) is 11.6 Å². The van der Waals surface area contributed by atoms with Crippen LogP contribution in [0.3, 0.4) is 0 Å². The summed E-state index contributed by atoms with van der Waals surface area (Å²) < 4.78 is 5.06. The zero-order valence-corrected chi connectivity index (χ0v) is 12.6. The van der Waals surface area contributed by atoms with E-state index in [-0.39, 0.29) is 11.7 Å². The van der Waals surface area contributed by atoms with Gasteiger partial charge in [-0.1, -0.05) is 0 Å². The van der Waals surface area contributed by atoms with Crippen LogP contribution in [0.1, 0.15) is 0 Å². The Balaban J connectivity index is 1.89. The molecule has 7 heteroatoms. The first-order chi connectivity index (χ1) is 9.61. The van der Waals surface area contributed by atoms with E-state index in [1.165, 1.54) is 28.4 Å². The minimum Gasteiger partial charge on any atom is -0.497 e. The van der Waals surface area contributed by atoms with Crippen molar-refractivity contribution in [2.75, 3.05) is 24.5 Å². The Labute approximate surface area is 125 Å². The predicted molar refractivity (Wildman–Crippen MR) is 79.3 cm³/mol. The van der Waals surface area contributed by atoms with Crippen LogP contribution in [0.15, 0.2) is 29.2 Å². The summed E-state index contributed by atoms with van der Waals surface area (Å²) in [5.74, 6) is 0.868. The van der Waals surface area contributed by atoms with Gasteiger partial charge >= 0.3 is 5.97 Å². The number of aliphatic carboxylic acids is 1. The third-order valence-corrected chi connectivity index (χ3v) is 4.92. The van der Waals surface area contributed by atoms with Crippen LogP contribution in [0.2, 0.25) is 0 Å². The fourth-order valence-electron chi connectivity index (χ4n) is 1.79. The molecule has 1 saturated heterocycles. The molecular formula is C13H15NO4S2. The lowest BCUT2D eigenvalue weighted by molar-refractivity contribution is -0.146. The number of benzene rings is 1. The predicted octanol–water partition coefficient (Wildman–Crippen LogP) is 1.77. The largest absolute Gasteiger partial charge is 0.497 e. The summed E-state index contributed by atoms with van der Waals surface area (Å²) in [6.07, 6.45) is 0. The van der Waals surface area contributed by atoms with Crippen molar-refractivity contribution in [1.82, 2.24) is 4.90 Å². The highest BCUT2D eigenvalue weighted by Crippen LogP contribution is 2.25. The van der Waals surface area contributed by atoms with Crippen molar-refractivity contribution < 1.29 is 19.4 Å². The number of hydrogen-bond donors (Lipinski definition) is 1. The number of methoxy groups -OCH3 is 1. The molecule has 1 amide bonds. The van der Waals surface area contributed by atoms with Gasteiger partial charge in [0.15, 0.2) is 0 Å². The molecule has 1 N–H and O–H groups in total. The first-order valence-corrected chi connectivity index (χ1v) is 8.12. The number of thioether (sulfide) groups is 2. The summed E-state index contributed by atoms with van der Waals surface area (Å²) in [5.41, 5.74) is 0. The molecule has 1 fully saturated rings. The quantitative estimate of drug-likeness (QED) is 0.836. The maximum absolute atomic E-state index is 12.1. The van der Waals surface area contributed by atoms with Crippen molar-refractivity contribution >= 4 is 35.4 Å². The number of carbonyl (C=O) groups excluding carboxylic acids is 1. The Hall–Kier alpha value is -1.34. The average molecular weight is 313 g/mol. The number of ether oxygens (including phenoxy) is 1. The summed E-state index contributed by atoms with van der Waals surface area (Å²) >= 11 is 2.87. The number of carboxylic acids is 1. The van der Waals surface area contributed by atoms with Gasteiger partial charge in [-0.3, -0.25) is 4.79 Å². The Morgan fingerprint density at radius 2 is 2.15 bits per heavy atom. The summed E-state index contributed by atoms with van der Waals surface area (Å²) in [5, 5.41) is 9.05. The molecule has 0 saturated carbocycles. The molecule has 5 nitrogen and oxygen atoms in total. The van der Waals surface area contributed by atoms with E-state index in [0.717, 1.165) is 10.6 Å². The van der Waals surface area contributed by atoms with Crippen LogP contribution >= 0.6 is 23.5 Å². The first kappa shape index (κ1) is 15.1. The van der Waals surface area contributed by atoms with E-state index in [1.807, 2.05) is 24.3 Å². The first-order valence-electron chi connectivity index (χ1n) is 5.98. The van der Waals surface area contributed by atoms with Gasteiger partial charge in [-0.2, -0.15) is 0 Å². The number of nitrogens with zero attached hydrogens (tertiary/aromatic N) is 1. The van der Waals surface area contributed by atoms with Gasteiger partial charge in [0.1, 0.15) is 11.8 Å². The van der Waals surface area contributed by atoms with Crippen LogP contribution in [-0.2, 0) is 9.59 Å². The Kier molecular flexibility index (Phi) is 5.19. The lowest BCUT2D eigenvalue weighted by Crippen LogP contribution is -2.42. The summed E-state index contributed by atoms with van der Waals surface area (Å²) in [6, 6.07) is 6.73. The molecule has 0 radical (unpaired) electrons. The van der Waals surface area contributed by atoms with Crippen LogP contribution in [0.25, 0.3) is 0 Å². The van der Waals surface area contributed by atoms with Crippen molar-refractivity contribution in [3.63, 3.8) is 0 Å². The molecule has 1 aliphatic heterocycles. The van der Waals surface area contributed by atoms with E-state index in [1.54, 1.807) is 7.11 Å². The molecular weight excluding hydrogens is 298 g/mol. The molecule has 0 bridgehead atoms. The molecule has 0 aromatic heterocycles. The second kappa shape index (κ2) is 6.90. The van der Waals surface area contributed by atoms with E-state index in [9.17, 15) is 9.59 Å². The maximum Gasteiger partial charge on any atom is 0.327 e. The van der Waals surface area contributed by atoms with E-state index in [2.05, 4.69) is 0 Å². The molecule has 1 aromatic rings. The van der Waals surface area contributed by atoms with Gasteiger partial charge in [-0.15, -0.1) is 23.5 Å². The molecule has 108 valence electrons.